The van der Waals surface area contributed by atoms with Crippen molar-refractivity contribution in [3.8, 4) is 0 Å². The van der Waals surface area contributed by atoms with Crippen LogP contribution in [0.25, 0.3) is 0 Å². The van der Waals surface area contributed by atoms with E-state index in [9.17, 15) is 14.7 Å². The summed E-state index contributed by atoms with van der Waals surface area (Å²) in [5.74, 6) is -1.05. The average Bonchev–Trinajstić information content (AvgIpc) is 2.54. The van der Waals surface area contributed by atoms with Crippen molar-refractivity contribution in [2.24, 2.45) is 17.8 Å². The van der Waals surface area contributed by atoms with Crippen molar-refractivity contribution < 1.29 is 19.8 Å². The molecular weight excluding hydrogens is 244 g/mol. The second-order valence-corrected chi connectivity index (χ2v) is 5.81. The van der Waals surface area contributed by atoms with Gasteiger partial charge in [-0.2, -0.15) is 0 Å². The zero-order valence-corrected chi connectivity index (χ0v) is 11.3. The van der Waals surface area contributed by atoms with Crippen LogP contribution in [0, 0.1) is 17.8 Å². The lowest BCUT2D eigenvalue weighted by molar-refractivity contribution is -0.133. The number of carboxylic acid groups (broad SMARTS) is 1. The van der Waals surface area contributed by atoms with E-state index in [-0.39, 0.29) is 23.2 Å². The summed E-state index contributed by atoms with van der Waals surface area (Å²) >= 11 is 0. The van der Waals surface area contributed by atoms with Gasteiger partial charge in [0.05, 0.1) is 6.10 Å². The smallest absolute Gasteiger partial charge is 0.331 e. The van der Waals surface area contributed by atoms with E-state index in [0.29, 0.717) is 19.3 Å². The van der Waals surface area contributed by atoms with Gasteiger partial charge in [0.25, 0.3) is 0 Å². The second kappa shape index (κ2) is 4.93. The van der Waals surface area contributed by atoms with Gasteiger partial charge in [-0.25, -0.2) is 4.79 Å². The van der Waals surface area contributed by atoms with Crippen LogP contribution >= 0.6 is 0 Å². The number of aliphatic hydroxyl groups is 1. The highest BCUT2D eigenvalue weighted by atomic mass is 16.4. The minimum absolute atomic E-state index is 0.0417. The van der Waals surface area contributed by atoms with E-state index in [4.69, 9.17) is 5.11 Å². The summed E-state index contributed by atoms with van der Waals surface area (Å²) in [6.45, 7) is 7.41. The van der Waals surface area contributed by atoms with Crippen molar-refractivity contribution in [2.45, 2.75) is 39.2 Å². The molecule has 4 heteroatoms. The van der Waals surface area contributed by atoms with Gasteiger partial charge in [0, 0.05) is 17.9 Å². The lowest BCUT2D eigenvalue weighted by Gasteiger charge is -2.21. The molecule has 4 atom stereocenters. The minimum Gasteiger partial charge on any atom is -0.478 e. The molecule has 2 aliphatic carbocycles. The van der Waals surface area contributed by atoms with Crippen molar-refractivity contribution in [3.05, 3.63) is 23.3 Å². The fourth-order valence-corrected chi connectivity index (χ4v) is 3.38. The summed E-state index contributed by atoms with van der Waals surface area (Å²) in [6, 6.07) is 0. The van der Waals surface area contributed by atoms with Gasteiger partial charge < -0.3 is 10.2 Å². The van der Waals surface area contributed by atoms with Crippen LogP contribution in [-0.2, 0) is 9.59 Å². The van der Waals surface area contributed by atoms with Crippen molar-refractivity contribution in [2.75, 3.05) is 0 Å². The Morgan fingerprint density at radius 3 is 2.58 bits per heavy atom. The number of hydrogen-bond acceptors (Lipinski definition) is 3. The molecule has 2 N–H and O–H groups in total. The van der Waals surface area contributed by atoms with E-state index in [1.54, 1.807) is 0 Å². The monoisotopic (exact) mass is 264 g/mol. The van der Waals surface area contributed by atoms with Crippen LogP contribution in [0.3, 0.4) is 0 Å². The predicted molar refractivity (Wildman–Crippen MR) is 70.5 cm³/mol. The first-order valence-electron chi connectivity index (χ1n) is 6.66. The number of carboxylic acids is 1. The third kappa shape index (κ3) is 2.37. The predicted octanol–water partition coefficient (Wildman–Crippen LogP) is 1.94. The number of ketones is 1. The lowest BCUT2D eigenvalue weighted by atomic mass is 9.86. The number of rotatable bonds is 2. The van der Waals surface area contributed by atoms with Crippen molar-refractivity contribution >= 4 is 11.8 Å². The van der Waals surface area contributed by atoms with Gasteiger partial charge in [0.1, 0.15) is 0 Å². The van der Waals surface area contributed by atoms with Gasteiger partial charge in [-0.1, -0.05) is 19.1 Å². The molecule has 0 aromatic rings. The Balaban J connectivity index is 2.37. The third-order valence-electron chi connectivity index (χ3n) is 4.68. The van der Waals surface area contributed by atoms with Crippen LogP contribution in [0.2, 0.25) is 0 Å². The van der Waals surface area contributed by atoms with Crippen LogP contribution in [-0.4, -0.2) is 28.1 Å². The van der Waals surface area contributed by atoms with Crippen molar-refractivity contribution in [1.82, 2.24) is 0 Å². The molecule has 0 aromatic heterocycles. The summed E-state index contributed by atoms with van der Waals surface area (Å²) in [4.78, 5) is 22.9. The highest BCUT2D eigenvalue weighted by Crippen LogP contribution is 2.45. The number of carbonyl (C=O) groups excluding carboxylic acids is 1. The summed E-state index contributed by atoms with van der Waals surface area (Å²) in [7, 11) is 0. The third-order valence-corrected chi connectivity index (χ3v) is 4.68. The highest BCUT2D eigenvalue weighted by molar-refractivity contribution is 5.98. The summed E-state index contributed by atoms with van der Waals surface area (Å²) in [6.07, 6.45) is 0.769. The standard InChI is InChI=1S/C15H20O4/c1-7-4-14(17)12(9(3)15(18)19)5-11-8(2)13(16)6-10(7)11/h7,10,12,14,17H,3-6H2,1-2H3,(H,18,19)/t7-,10+,12-,14+/m0/s1. The van der Waals surface area contributed by atoms with Crippen LogP contribution in [0.4, 0.5) is 0 Å². The molecule has 0 unspecified atom stereocenters. The molecule has 0 spiro atoms. The van der Waals surface area contributed by atoms with E-state index in [0.717, 1.165) is 11.1 Å². The Labute approximate surface area is 112 Å². The molecule has 2 aliphatic rings. The van der Waals surface area contributed by atoms with Gasteiger partial charge >= 0.3 is 5.97 Å². The zero-order valence-electron chi connectivity index (χ0n) is 11.3. The first kappa shape index (κ1) is 14.0. The largest absolute Gasteiger partial charge is 0.478 e. The molecule has 0 aromatic carbocycles. The van der Waals surface area contributed by atoms with E-state index < -0.39 is 18.0 Å². The van der Waals surface area contributed by atoms with Crippen LogP contribution < -0.4 is 0 Å². The Kier molecular flexibility index (Phi) is 3.63. The minimum atomic E-state index is -1.07. The topological polar surface area (TPSA) is 74.6 Å². The van der Waals surface area contributed by atoms with Crippen LogP contribution in [0.1, 0.15) is 33.1 Å². The quantitative estimate of drug-likeness (QED) is 0.747. The Morgan fingerprint density at radius 1 is 1.37 bits per heavy atom. The SMILES string of the molecule is C=C(C(=O)O)[C@@H]1CC2=C(C)C(=O)C[C@@H]2[C@@H](C)C[C@H]1O. The summed E-state index contributed by atoms with van der Waals surface area (Å²) in [5.41, 5.74) is 1.83. The maximum Gasteiger partial charge on any atom is 0.331 e. The molecule has 0 bridgehead atoms. The van der Waals surface area contributed by atoms with Gasteiger partial charge in [-0.3, -0.25) is 4.79 Å². The van der Waals surface area contributed by atoms with E-state index >= 15 is 0 Å². The number of fused-ring (bicyclic) bond motifs is 1. The molecule has 0 heterocycles. The number of carbonyl (C=O) groups is 2. The van der Waals surface area contributed by atoms with Crippen LogP contribution in [0.15, 0.2) is 23.3 Å². The number of allylic oxidation sites excluding steroid dienone is 2. The second-order valence-electron chi connectivity index (χ2n) is 5.81. The number of Topliss-reactive ketones (excluding diaryl/α,β-unsaturated/α-hetero) is 1. The van der Waals surface area contributed by atoms with E-state index in [2.05, 4.69) is 6.58 Å². The average molecular weight is 264 g/mol. The van der Waals surface area contributed by atoms with E-state index in [1.165, 1.54) is 0 Å². The molecule has 1 fully saturated rings. The molecule has 4 nitrogen and oxygen atoms in total. The fourth-order valence-electron chi connectivity index (χ4n) is 3.38. The highest BCUT2D eigenvalue weighted by Gasteiger charge is 2.41. The molecule has 0 aliphatic heterocycles. The molecule has 104 valence electrons. The maximum absolute atomic E-state index is 11.8. The molecule has 0 amide bonds. The normalized spacial score (nSPS) is 35.0. The Hall–Kier alpha value is -1.42. The van der Waals surface area contributed by atoms with Gasteiger partial charge in [-0.15, -0.1) is 0 Å². The molecule has 19 heavy (non-hydrogen) atoms. The molecule has 2 rings (SSSR count). The van der Waals surface area contributed by atoms with Gasteiger partial charge in [0.2, 0.25) is 0 Å². The van der Waals surface area contributed by atoms with E-state index in [1.807, 2.05) is 13.8 Å². The molecule has 1 saturated carbocycles. The number of hydrogen-bond donors (Lipinski definition) is 2. The summed E-state index contributed by atoms with van der Waals surface area (Å²) in [5, 5.41) is 19.3. The van der Waals surface area contributed by atoms with Gasteiger partial charge in [-0.05, 0) is 37.2 Å². The van der Waals surface area contributed by atoms with Crippen LogP contribution in [0.5, 0.6) is 0 Å². The van der Waals surface area contributed by atoms with Crippen molar-refractivity contribution in [3.63, 3.8) is 0 Å². The Morgan fingerprint density at radius 2 is 2.00 bits per heavy atom. The first-order valence-corrected chi connectivity index (χ1v) is 6.66. The zero-order chi connectivity index (χ0) is 14.3. The Bertz CT molecular complexity index is 475. The maximum atomic E-state index is 11.8. The number of aliphatic carboxylic acids is 1. The first-order chi connectivity index (χ1) is 8.82. The fraction of sp³-hybridized carbons (Fsp3) is 0.600. The number of aliphatic hydroxyl groups excluding tert-OH is 1. The van der Waals surface area contributed by atoms with Gasteiger partial charge in [0.15, 0.2) is 5.78 Å². The summed E-state index contributed by atoms with van der Waals surface area (Å²) < 4.78 is 0. The lowest BCUT2D eigenvalue weighted by Crippen LogP contribution is -2.25. The van der Waals surface area contributed by atoms with Crippen molar-refractivity contribution in [1.29, 1.82) is 0 Å². The molecule has 0 saturated heterocycles. The molecule has 0 radical (unpaired) electrons. The molecular formula is C15H20O4.